The molecule has 456 valence electrons. The second kappa shape index (κ2) is 26.4. The van der Waals surface area contributed by atoms with Crippen molar-refractivity contribution >= 4 is 85.0 Å². The lowest BCUT2D eigenvalue weighted by atomic mass is 9.79. The molecule has 13 rings (SSSR count). The lowest BCUT2D eigenvalue weighted by Gasteiger charge is -2.45. The Morgan fingerprint density at radius 3 is 1.84 bits per heavy atom. The summed E-state index contributed by atoms with van der Waals surface area (Å²) in [5.41, 5.74) is 20.1. The topological polar surface area (TPSA) is 28.8 Å². The number of hydrogen-bond donors (Lipinski definition) is 1. The Morgan fingerprint density at radius 2 is 1.20 bits per heavy atom. The number of nitrogens with zero attached hydrogens (tertiary/aromatic N) is 4. The molecule has 0 amide bonds. The van der Waals surface area contributed by atoms with Gasteiger partial charge in [-0.05, 0) is 234 Å². The van der Waals surface area contributed by atoms with Crippen LogP contribution in [0, 0.1) is 19.3 Å². The predicted octanol–water partition coefficient (Wildman–Crippen LogP) is 22.8. The van der Waals surface area contributed by atoms with Gasteiger partial charge in [0.1, 0.15) is 0 Å². The molecule has 0 aliphatic heterocycles. The summed E-state index contributed by atoms with van der Waals surface area (Å²) < 4.78 is 0. The summed E-state index contributed by atoms with van der Waals surface area (Å²) in [6.07, 6.45) is 33.3. The molecule has 10 aromatic rings. The number of rotatable bonds is 18. The summed E-state index contributed by atoms with van der Waals surface area (Å²) in [5, 5.41) is 4.99. The third kappa shape index (κ3) is 12.6. The SMILES string of the molecule is C/C=C\C=C(\N(c1ccc(-c2ccc(C)[nH]2)cc1)c1ccc(N(C2=CCC(C)(N(C3=c4ccccc4=CCC3)c3ccc(-c4ccc(C)s4)cc3)C=C2)c2ccc(N(c3ccc(/C(C)=C/C=C(C)C)cc3)c3cccc4ccccc34)cc2)cc1)C1(C)C=CC=CC1. The molecule has 3 aliphatic carbocycles. The Morgan fingerprint density at radius 1 is 0.554 bits per heavy atom. The number of aryl methyl sites for hydroxylation is 2. The number of aromatic amines is 1. The summed E-state index contributed by atoms with van der Waals surface area (Å²) in [4.78, 5) is 16.1. The highest BCUT2D eigenvalue weighted by molar-refractivity contribution is 7.15. The van der Waals surface area contributed by atoms with Gasteiger partial charge in [0.2, 0.25) is 0 Å². The fourth-order valence-corrected chi connectivity index (χ4v) is 14.3. The molecule has 2 aromatic heterocycles. The number of anilines is 8. The van der Waals surface area contributed by atoms with Crippen LogP contribution >= 0.6 is 11.3 Å². The predicted molar refractivity (Wildman–Crippen MR) is 397 cm³/mol. The average Bonchev–Trinajstić information content (AvgIpc) is 0.958. The van der Waals surface area contributed by atoms with Crippen LogP contribution in [0.15, 0.2) is 302 Å². The van der Waals surface area contributed by atoms with E-state index in [0.29, 0.717) is 0 Å². The minimum absolute atomic E-state index is 0.279. The van der Waals surface area contributed by atoms with Crippen LogP contribution in [0.3, 0.4) is 0 Å². The molecule has 0 saturated carbocycles. The third-order valence-electron chi connectivity index (χ3n) is 18.3. The van der Waals surface area contributed by atoms with Crippen molar-refractivity contribution in [3.05, 3.63) is 329 Å². The molecule has 8 aromatic carbocycles. The van der Waals surface area contributed by atoms with E-state index < -0.39 is 5.54 Å². The minimum atomic E-state index is -0.400. The van der Waals surface area contributed by atoms with E-state index in [1.807, 2.05) is 11.3 Å². The number of aromatic nitrogens is 1. The normalized spacial score (nSPS) is 17.1. The van der Waals surface area contributed by atoms with E-state index >= 15 is 0 Å². The van der Waals surface area contributed by atoms with Crippen molar-refractivity contribution in [1.82, 2.24) is 4.98 Å². The van der Waals surface area contributed by atoms with Crippen LogP contribution < -0.4 is 30.0 Å². The fraction of sp³-hybridized carbons (Fsp3) is 0.163. The Bertz CT molecular complexity index is 4700. The van der Waals surface area contributed by atoms with E-state index in [2.05, 4.69) is 371 Å². The zero-order valence-corrected chi connectivity index (χ0v) is 55.1. The summed E-state index contributed by atoms with van der Waals surface area (Å²) in [7, 11) is 0. The lowest BCUT2D eigenvalue weighted by molar-refractivity contribution is 0.508. The van der Waals surface area contributed by atoms with Gasteiger partial charge in [-0.3, -0.25) is 0 Å². The smallest absolute Gasteiger partial charge is 0.0641 e. The first-order valence-electron chi connectivity index (χ1n) is 32.4. The third-order valence-corrected chi connectivity index (χ3v) is 19.4. The molecule has 3 aliphatic rings. The van der Waals surface area contributed by atoms with Crippen molar-refractivity contribution in [2.24, 2.45) is 5.41 Å². The van der Waals surface area contributed by atoms with Gasteiger partial charge in [0.15, 0.2) is 0 Å². The Balaban J connectivity index is 0.933. The molecule has 1 N–H and O–H groups in total. The van der Waals surface area contributed by atoms with Crippen molar-refractivity contribution in [2.75, 3.05) is 19.6 Å². The molecule has 6 heteroatoms. The van der Waals surface area contributed by atoms with Gasteiger partial charge < -0.3 is 24.6 Å². The average molecular weight is 1220 g/mol. The molecule has 2 atom stereocenters. The molecule has 2 heterocycles. The molecule has 0 fully saturated rings. The lowest BCUT2D eigenvalue weighted by Crippen LogP contribution is -2.48. The van der Waals surface area contributed by atoms with Gasteiger partial charge >= 0.3 is 0 Å². The Labute approximate surface area is 548 Å². The maximum Gasteiger partial charge on any atom is 0.0641 e. The fourth-order valence-electron chi connectivity index (χ4n) is 13.4. The zero-order chi connectivity index (χ0) is 63.3. The van der Waals surface area contributed by atoms with Gasteiger partial charge in [-0.15, -0.1) is 11.3 Å². The standard InChI is InChI=1S/C86H81N5S/c1-9-10-28-84(85(7)57-16-11-17-58-85)90(74-41-35-68(36-42-74)80-53-31-63(5)87-80)75-51-47-71(48-52-75)88(70-45-49-73(50-46-70)89(81-26-18-22-66-20-12-14-24-78(66)81)72-39-33-65(34-40-72)62(4)30-29-61(2)3)76-55-59-86(8,60-56-76)91(82-27-19-23-67-21-13-15-25-79(67)82)77-43-37-69(38-44-77)83-54-32-64(6)92-83/h9-18,20-26,28-57,59,87H,19,27,58,60H2,1-8H3/b10-9-,62-30+,84-28+. The molecular weight excluding hydrogens is 1140 g/mol. The molecule has 5 nitrogen and oxygen atoms in total. The second-order valence-corrected chi connectivity index (χ2v) is 26.6. The van der Waals surface area contributed by atoms with Gasteiger partial charge in [-0.2, -0.15) is 0 Å². The van der Waals surface area contributed by atoms with Crippen molar-refractivity contribution < 1.29 is 0 Å². The van der Waals surface area contributed by atoms with E-state index in [-0.39, 0.29) is 5.41 Å². The van der Waals surface area contributed by atoms with Crippen LogP contribution in [0.25, 0.3) is 49.8 Å². The summed E-state index contributed by atoms with van der Waals surface area (Å²) in [6.45, 7) is 17.6. The summed E-state index contributed by atoms with van der Waals surface area (Å²) >= 11 is 1.85. The van der Waals surface area contributed by atoms with Crippen molar-refractivity contribution in [2.45, 2.75) is 86.6 Å². The highest BCUT2D eigenvalue weighted by Gasteiger charge is 2.36. The first-order valence-corrected chi connectivity index (χ1v) is 33.2. The number of benzene rings is 8. The summed E-state index contributed by atoms with van der Waals surface area (Å²) in [6, 6.07) is 78.9. The second-order valence-electron chi connectivity index (χ2n) is 25.4. The van der Waals surface area contributed by atoms with Gasteiger partial charge in [0, 0.05) is 94.1 Å². The molecule has 0 spiro atoms. The quantitative estimate of drug-likeness (QED) is 0.0867. The van der Waals surface area contributed by atoms with Crippen molar-refractivity contribution in [3.63, 3.8) is 0 Å². The Hall–Kier alpha value is -10.1. The van der Waals surface area contributed by atoms with Crippen LogP contribution in [0.1, 0.15) is 83.4 Å². The maximum atomic E-state index is 3.55. The van der Waals surface area contributed by atoms with Crippen molar-refractivity contribution in [1.29, 1.82) is 0 Å². The van der Waals surface area contributed by atoms with E-state index in [4.69, 9.17) is 0 Å². The number of H-pyrrole nitrogens is 1. The van der Waals surface area contributed by atoms with E-state index in [0.717, 1.165) is 88.1 Å². The van der Waals surface area contributed by atoms with Crippen LogP contribution in [-0.2, 0) is 0 Å². The van der Waals surface area contributed by atoms with Gasteiger partial charge in [-0.25, -0.2) is 0 Å². The van der Waals surface area contributed by atoms with Gasteiger partial charge in [0.25, 0.3) is 0 Å². The highest BCUT2D eigenvalue weighted by atomic mass is 32.1. The monoisotopic (exact) mass is 1220 g/mol. The van der Waals surface area contributed by atoms with Crippen LogP contribution in [0.5, 0.6) is 0 Å². The van der Waals surface area contributed by atoms with Crippen molar-refractivity contribution in [3.8, 4) is 21.7 Å². The van der Waals surface area contributed by atoms with Crippen LogP contribution in [0.4, 0.5) is 45.5 Å². The first-order chi connectivity index (χ1) is 44.8. The number of thiophene rings is 1. The van der Waals surface area contributed by atoms with Gasteiger partial charge in [0.05, 0.1) is 11.2 Å². The minimum Gasteiger partial charge on any atom is -0.359 e. The summed E-state index contributed by atoms with van der Waals surface area (Å²) in [5.74, 6) is 0. The highest BCUT2D eigenvalue weighted by Crippen LogP contribution is 2.47. The molecule has 0 bridgehead atoms. The van der Waals surface area contributed by atoms with Crippen LogP contribution in [-0.4, -0.2) is 10.5 Å². The molecule has 0 saturated heterocycles. The van der Waals surface area contributed by atoms with Gasteiger partial charge in [-0.1, -0.05) is 176 Å². The van der Waals surface area contributed by atoms with E-state index in [1.54, 1.807) is 0 Å². The molecule has 92 heavy (non-hydrogen) atoms. The number of fused-ring (bicyclic) bond motifs is 2. The molecular formula is C86H81N5S. The van der Waals surface area contributed by atoms with Crippen LogP contribution in [0.2, 0.25) is 0 Å². The van der Waals surface area contributed by atoms with E-state index in [1.165, 1.54) is 70.3 Å². The maximum absolute atomic E-state index is 3.55. The Kier molecular flexibility index (Phi) is 17.4. The first kappa shape index (κ1) is 60.8. The molecule has 0 radical (unpaired) electrons. The molecule has 2 unspecified atom stereocenters. The van der Waals surface area contributed by atoms with E-state index in [9.17, 15) is 0 Å². The largest absolute Gasteiger partial charge is 0.359 e. The number of nitrogens with one attached hydrogen (secondary N) is 1. The zero-order valence-electron chi connectivity index (χ0n) is 54.2. The number of allylic oxidation sites excluding steroid dienone is 12. The number of hydrogen-bond acceptors (Lipinski definition) is 5.